The molecular weight excluding hydrogens is 448 g/mol. The minimum absolute atomic E-state index is 0.445. The first-order valence-electron chi connectivity index (χ1n) is 6.60. The van der Waals surface area contributed by atoms with Crippen LogP contribution in [0.3, 0.4) is 0 Å². The number of benzene rings is 1. The predicted octanol–water partition coefficient (Wildman–Crippen LogP) is 5.46. The summed E-state index contributed by atoms with van der Waals surface area (Å²) >= 11 is 10.8. The van der Waals surface area contributed by atoms with Gasteiger partial charge in [0.15, 0.2) is 0 Å². The Morgan fingerprint density at radius 2 is 1.85 bits per heavy atom. The van der Waals surface area contributed by atoms with Crippen molar-refractivity contribution < 1.29 is 0 Å². The Morgan fingerprint density at radius 1 is 1.20 bits per heavy atom. The first-order valence-corrected chi connectivity index (χ1v) is 9.30. The molecule has 1 aromatic carbocycles. The van der Waals surface area contributed by atoms with Crippen LogP contribution in [0.25, 0.3) is 0 Å². The van der Waals surface area contributed by atoms with Crippen LogP contribution in [-0.2, 0) is 13.0 Å². The summed E-state index contributed by atoms with van der Waals surface area (Å²) in [7, 11) is 0. The number of hydrogen-bond donors (Lipinski definition) is 0. The molecule has 0 N–H and O–H groups in total. The number of aromatic nitrogens is 2. The van der Waals surface area contributed by atoms with Crippen LogP contribution in [0.5, 0.6) is 0 Å². The summed E-state index contributed by atoms with van der Waals surface area (Å²) in [5.41, 5.74) is 3.68. The van der Waals surface area contributed by atoms with E-state index in [1.54, 1.807) is 0 Å². The van der Waals surface area contributed by atoms with E-state index in [1.165, 1.54) is 11.3 Å². The second-order valence-electron chi connectivity index (χ2n) is 4.77. The molecule has 108 valence electrons. The van der Waals surface area contributed by atoms with Gasteiger partial charge in [0.2, 0.25) is 0 Å². The Kier molecular flexibility index (Phi) is 5.87. The molecule has 1 atom stereocenters. The molecule has 1 heterocycles. The summed E-state index contributed by atoms with van der Waals surface area (Å²) in [5, 5.41) is 5.51. The molecule has 0 aliphatic carbocycles. The minimum atomic E-state index is 0.445. The highest BCUT2D eigenvalue weighted by Gasteiger charge is 2.18. The molecule has 20 heavy (non-hydrogen) atoms. The molecule has 2 aromatic rings. The molecule has 0 aliphatic rings. The van der Waals surface area contributed by atoms with Crippen molar-refractivity contribution in [1.82, 2.24) is 9.78 Å². The standard InChI is InChI=1S/C15H17Br3N2/c1-3-20-14(15(18)10(2)19-20)8-12(9-16)11-4-6-13(17)7-5-11/h4-7,12H,3,8-9H2,1-2H3. The van der Waals surface area contributed by atoms with Crippen molar-refractivity contribution in [1.29, 1.82) is 0 Å². The van der Waals surface area contributed by atoms with Gasteiger partial charge in [-0.15, -0.1) is 0 Å². The van der Waals surface area contributed by atoms with Gasteiger partial charge in [-0.25, -0.2) is 0 Å². The fourth-order valence-corrected chi connectivity index (χ4v) is 3.61. The van der Waals surface area contributed by atoms with Gasteiger partial charge in [0.05, 0.1) is 15.9 Å². The summed E-state index contributed by atoms with van der Waals surface area (Å²) in [6, 6.07) is 8.57. The lowest BCUT2D eigenvalue weighted by Crippen LogP contribution is -2.10. The lowest BCUT2D eigenvalue weighted by molar-refractivity contribution is 0.596. The Balaban J connectivity index is 2.28. The molecule has 0 aliphatic heterocycles. The van der Waals surface area contributed by atoms with Crippen molar-refractivity contribution in [2.45, 2.75) is 32.7 Å². The van der Waals surface area contributed by atoms with Crippen LogP contribution in [0, 0.1) is 6.92 Å². The smallest absolute Gasteiger partial charge is 0.0738 e. The van der Waals surface area contributed by atoms with Crippen molar-refractivity contribution in [3.05, 3.63) is 50.2 Å². The average molecular weight is 465 g/mol. The Hall–Kier alpha value is -0.130. The molecule has 2 rings (SSSR count). The van der Waals surface area contributed by atoms with Crippen molar-refractivity contribution in [3.63, 3.8) is 0 Å². The van der Waals surface area contributed by atoms with Gasteiger partial charge in [0.25, 0.3) is 0 Å². The Labute approximate surface area is 145 Å². The fraction of sp³-hybridized carbons (Fsp3) is 0.400. The largest absolute Gasteiger partial charge is 0.268 e. The van der Waals surface area contributed by atoms with Crippen molar-refractivity contribution in [2.75, 3.05) is 5.33 Å². The monoisotopic (exact) mass is 462 g/mol. The van der Waals surface area contributed by atoms with E-state index < -0.39 is 0 Å². The van der Waals surface area contributed by atoms with E-state index in [2.05, 4.69) is 88.8 Å². The molecule has 2 nitrogen and oxygen atoms in total. The predicted molar refractivity (Wildman–Crippen MR) is 94.7 cm³/mol. The Morgan fingerprint density at radius 3 is 2.40 bits per heavy atom. The van der Waals surface area contributed by atoms with E-state index in [4.69, 9.17) is 0 Å². The molecule has 1 aromatic heterocycles. The Bertz CT molecular complexity index is 576. The second-order valence-corrected chi connectivity index (χ2v) is 7.12. The summed E-state index contributed by atoms with van der Waals surface area (Å²) in [5.74, 6) is 0.445. The van der Waals surface area contributed by atoms with Crippen LogP contribution in [0.2, 0.25) is 0 Å². The highest BCUT2D eigenvalue weighted by Crippen LogP contribution is 2.29. The van der Waals surface area contributed by atoms with Gasteiger partial charge < -0.3 is 0 Å². The maximum Gasteiger partial charge on any atom is 0.0738 e. The average Bonchev–Trinajstić information content (AvgIpc) is 2.73. The molecule has 5 heteroatoms. The summed E-state index contributed by atoms with van der Waals surface area (Å²) in [4.78, 5) is 0. The zero-order chi connectivity index (χ0) is 14.7. The zero-order valence-electron chi connectivity index (χ0n) is 11.5. The molecule has 0 saturated heterocycles. The van der Waals surface area contributed by atoms with Crippen LogP contribution in [0.15, 0.2) is 33.2 Å². The summed E-state index contributed by atoms with van der Waals surface area (Å²) in [6.07, 6.45) is 0.974. The van der Waals surface area contributed by atoms with E-state index in [0.717, 1.165) is 32.9 Å². The molecule has 0 spiro atoms. The van der Waals surface area contributed by atoms with Gasteiger partial charge in [-0.2, -0.15) is 5.10 Å². The maximum atomic E-state index is 4.57. The van der Waals surface area contributed by atoms with Gasteiger partial charge in [-0.3, -0.25) is 4.68 Å². The molecule has 0 bridgehead atoms. The van der Waals surface area contributed by atoms with Gasteiger partial charge >= 0.3 is 0 Å². The second kappa shape index (κ2) is 7.23. The highest BCUT2D eigenvalue weighted by atomic mass is 79.9. The lowest BCUT2D eigenvalue weighted by atomic mass is 9.96. The molecular formula is C15H17Br3N2. The highest BCUT2D eigenvalue weighted by molar-refractivity contribution is 9.11. The van der Waals surface area contributed by atoms with Crippen LogP contribution in [0.1, 0.15) is 29.8 Å². The van der Waals surface area contributed by atoms with Gasteiger partial charge in [0.1, 0.15) is 0 Å². The normalized spacial score (nSPS) is 12.7. The van der Waals surface area contributed by atoms with E-state index >= 15 is 0 Å². The number of alkyl halides is 1. The number of nitrogens with zero attached hydrogens (tertiary/aromatic N) is 2. The third kappa shape index (κ3) is 3.55. The van der Waals surface area contributed by atoms with E-state index in [0.29, 0.717) is 5.92 Å². The summed E-state index contributed by atoms with van der Waals surface area (Å²) in [6.45, 7) is 5.07. The number of halogens is 3. The third-order valence-corrected chi connectivity index (χ3v) is 5.76. The van der Waals surface area contributed by atoms with Crippen molar-refractivity contribution >= 4 is 47.8 Å². The van der Waals surface area contributed by atoms with Crippen LogP contribution in [-0.4, -0.2) is 15.1 Å². The van der Waals surface area contributed by atoms with Gasteiger partial charge in [0, 0.05) is 16.3 Å². The number of hydrogen-bond acceptors (Lipinski definition) is 1. The van der Waals surface area contributed by atoms with E-state index in [1.807, 2.05) is 6.92 Å². The molecule has 1 unspecified atom stereocenters. The first kappa shape index (κ1) is 16.2. The zero-order valence-corrected chi connectivity index (χ0v) is 16.3. The molecule has 0 amide bonds. The minimum Gasteiger partial charge on any atom is -0.268 e. The van der Waals surface area contributed by atoms with Crippen LogP contribution >= 0.6 is 47.8 Å². The van der Waals surface area contributed by atoms with Gasteiger partial charge in [-0.05, 0) is 59.8 Å². The first-order chi connectivity index (χ1) is 9.56. The van der Waals surface area contributed by atoms with Crippen LogP contribution < -0.4 is 0 Å². The topological polar surface area (TPSA) is 17.8 Å². The fourth-order valence-electron chi connectivity index (χ4n) is 2.29. The van der Waals surface area contributed by atoms with Crippen LogP contribution in [0.4, 0.5) is 0 Å². The molecule has 0 fully saturated rings. The number of aryl methyl sites for hydroxylation is 2. The van der Waals surface area contributed by atoms with E-state index in [-0.39, 0.29) is 0 Å². The third-order valence-electron chi connectivity index (χ3n) is 3.42. The van der Waals surface area contributed by atoms with Crippen molar-refractivity contribution in [2.24, 2.45) is 0 Å². The van der Waals surface area contributed by atoms with Gasteiger partial charge in [-0.1, -0.05) is 44.0 Å². The van der Waals surface area contributed by atoms with Crippen molar-refractivity contribution in [3.8, 4) is 0 Å². The summed E-state index contributed by atoms with van der Waals surface area (Å²) < 4.78 is 4.35. The number of rotatable bonds is 5. The van der Waals surface area contributed by atoms with E-state index in [9.17, 15) is 0 Å². The maximum absolute atomic E-state index is 4.57. The quantitative estimate of drug-likeness (QED) is 0.537. The molecule has 0 radical (unpaired) electrons. The SMILES string of the molecule is CCn1nc(C)c(Br)c1CC(CBr)c1ccc(Br)cc1. The lowest BCUT2D eigenvalue weighted by Gasteiger charge is -2.16. The molecule has 0 saturated carbocycles.